The van der Waals surface area contributed by atoms with E-state index in [1.165, 1.54) is 18.5 Å². The minimum Gasteiger partial charge on any atom is -0.313 e. The highest BCUT2D eigenvalue weighted by atomic mass is 19.1. The van der Waals surface area contributed by atoms with Crippen LogP contribution in [-0.2, 0) is 13.1 Å². The summed E-state index contributed by atoms with van der Waals surface area (Å²) in [5.74, 6) is 0.663. The van der Waals surface area contributed by atoms with Crippen LogP contribution < -0.4 is 5.32 Å². The molecule has 0 fully saturated rings. The van der Waals surface area contributed by atoms with Crippen molar-refractivity contribution in [2.75, 3.05) is 7.05 Å². The molecule has 0 spiro atoms. The van der Waals surface area contributed by atoms with Crippen LogP contribution in [-0.4, -0.2) is 21.8 Å². The van der Waals surface area contributed by atoms with E-state index in [0.717, 1.165) is 17.0 Å². The second-order valence-corrected chi connectivity index (χ2v) is 3.94. The molecule has 17 heavy (non-hydrogen) atoms. The molecule has 0 aliphatic carbocycles. The van der Waals surface area contributed by atoms with Gasteiger partial charge >= 0.3 is 0 Å². The number of halogens is 1. The molecular weight excluding hydrogens is 219 g/mol. The first-order chi connectivity index (χ1) is 8.20. The summed E-state index contributed by atoms with van der Waals surface area (Å²) in [7, 11) is 1.86. The first-order valence-electron chi connectivity index (χ1n) is 5.47. The van der Waals surface area contributed by atoms with Gasteiger partial charge in [0.1, 0.15) is 18.0 Å². The van der Waals surface area contributed by atoms with E-state index in [1.807, 2.05) is 18.7 Å². The summed E-state index contributed by atoms with van der Waals surface area (Å²) in [5, 5.41) is 7.20. The summed E-state index contributed by atoms with van der Waals surface area (Å²) in [5.41, 5.74) is 1.98. The van der Waals surface area contributed by atoms with Crippen LogP contribution in [0, 0.1) is 12.7 Å². The van der Waals surface area contributed by atoms with Gasteiger partial charge in [-0.1, -0.05) is 6.07 Å². The van der Waals surface area contributed by atoms with E-state index in [2.05, 4.69) is 15.4 Å². The van der Waals surface area contributed by atoms with Crippen LogP contribution in [0.2, 0.25) is 0 Å². The summed E-state index contributed by atoms with van der Waals surface area (Å²) < 4.78 is 14.8. The zero-order chi connectivity index (χ0) is 12.3. The number of aryl methyl sites for hydroxylation is 1. The molecule has 2 aromatic rings. The summed E-state index contributed by atoms with van der Waals surface area (Å²) in [4.78, 5) is 4.16. The average molecular weight is 234 g/mol. The lowest BCUT2D eigenvalue weighted by Crippen LogP contribution is -2.14. The van der Waals surface area contributed by atoms with Gasteiger partial charge in [0.05, 0.1) is 13.1 Å². The molecule has 0 radical (unpaired) electrons. The third kappa shape index (κ3) is 2.68. The SMILES string of the molecule is CNCc1ncnn1Cc1ccc(F)cc1C. The van der Waals surface area contributed by atoms with E-state index in [9.17, 15) is 4.39 Å². The fourth-order valence-corrected chi connectivity index (χ4v) is 1.71. The molecule has 0 saturated heterocycles. The van der Waals surface area contributed by atoms with Crippen LogP contribution in [0.25, 0.3) is 0 Å². The summed E-state index contributed by atoms with van der Waals surface area (Å²) in [6, 6.07) is 4.79. The van der Waals surface area contributed by atoms with E-state index < -0.39 is 0 Å². The monoisotopic (exact) mass is 234 g/mol. The van der Waals surface area contributed by atoms with Crippen molar-refractivity contribution in [3.63, 3.8) is 0 Å². The second kappa shape index (κ2) is 5.05. The number of benzene rings is 1. The van der Waals surface area contributed by atoms with Crippen LogP contribution in [0.15, 0.2) is 24.5 Å². The number of rotatable bonds is 4. The van der Waals surface area contributed by atoms with Gasteiger partial charge in [0.25, 0.3) is 0 Å². The minimum absolute atomic E-state index is 0.208. The zero-order valence-electron chi connectivity index (χ0n) is 9.94. The summed E-state index contributed by atoms with van der Waals surface area (Å²) >= 11 is 0. The van der Waals surface area contributed by atoms with Gasteiger partial charge in [-0.15, -0.1) is 0 Å². The van der Waals surface area contributed by atoms with Gasteiger partial charge in [0.2, 0.25) is 0 Å². The quantitative estimate of drug-likeness (QED) is 0.871. The predicted octanol–water partition coefficient (Wildman–Crippen LogP) is 1.49. The highest BCUT2D eigenvalue weighted by molar-refractivity contribution is 5.26. The third-order valence-corrected chi connectivity index (χ3v) is 2.66. The van der Waals surface area contributed by atoms with Crippen LogP contribution >= 0.6 is 0 Å². The number of hydrogen-bond donors (Lipinski definition) is 1. The van der Waals surface area contributed by atoms with Crippen molar-refractivity contribution in [2.24, 2.45) is 0 Å². The van der Waals surface area contributed by atoms with E-state index in [0.29, 0.717) is 13.1 Å². The summed E-state index contributed by atoms with van der Waals surface area (Å²) in [6.07, 6.45) is 1.53. The standard InChI is InChI=1S/C12H15FN4/c1-9-5-11(13)4-3-10(9)7-17-12(6-14-2)15-8-16-17/h3-5,8,14H,6-7H2,1-2H3. The van der Waals surface area contributed by atoms with Crippen molar-refractivity contribution in [2.45, 2.75) is 20.0 Å². The fraction of sp³-hybridized carbons (Fsp3) is 0.333. The second-order valence-electron chi connectivity index (χ2n) is 3.94. The van der Waals surface area contributed by atoms with Gasteiger partial charge < -0.3 is 5.32 Å². The van der Waals surface area contributed by atoms with Crippen LogP contribution in [0.4, 0.5) is 4.39 Å². The van der Waals surface area contributed by atoms with E-state index in [-0.39, 0.29) is 5.82 Å². The van der Waals surface area contributed by atoms with E-state index in [4.69, 9.17) is 0 Å². The van der Waals surface area contributed by atoms with Crippen LogP contribution in [0.5, 0.6) is 0 Å². The molecular formula is C12H15FN4. The molecule has 0 aliphatic rings. The average Bonchev–Trinajstić information content (AvgIpc) is 2.71. The molecule has 1 N–H and O–H groups in total. The molecule has 5 heteroatoms. The lowest BCUT2D eigenvalue weighted by atomic mass is 10.1. The normalized spacial score (nSPS) is 10.8. The fourth-order valence-electron chi connectivity index (χ4n) is 1.71. The molecule has 0 bridgehead atoms. The molecule has 90 valence electrons. The van der Waals surface area contributed by atoms with Crippen LogP contribution in [0.3, 0.4) is 0 Å². The van der Waals surface area contributed by atoms with Crippen LogP contribution in [0.1, 0.15) is 17.0 Å². The van der Waals surface area contributed by atoms with Crippen molar-refractivity contribution in [1.82, 2.24) is 20.1 Å². The molecule has 0 aliphatic heterocycles. The molecule has 2 rings (SSSR count). The number of hydrogen-bond acceptors (Lipinski definition) is 3. The zero-order valence-corrected chi connectivity index (χ0v) is 9.94. The third-order valence-electron chi connectivity index (χ3n) is 2.66. The Hall–Kier alpha value is -1.75. The number of aromatic nitrogens is 3. The van der Waals surface area contributed by atoms with Gasteiger partial charge in [0, 0.05) is 0 Å². The predicted molar refractivity (Wildman–Crippen MR) is 63.0 cm³/mol. The van der Waals surface area contributed by atoms with Gasteiger partial charge in [-0.2, -0.15) is 5.10 Å². The minimum atomic E-state index is -0.208. The molecule has 0 atom stereocenters. The molecule has 1 aromatic carbocycles. The lowest BCUT2D eigenvalue weighted by Gasteiger charge is -2.08. The number of nitrogens with one attached hydrogen (secondary N) is 1. The Morgan fingerprint density at radius 1 is 1.41 bits per heavy atom. The Kier molecular flexibility index (Phi) is 3.49. The maximum atomic E-state index is 13.0. The molecule has 0 unspecified atom stereocenters. The first-order valence-corrected chi connectivity index (χ1v) is 5.47. The summed E-state index contributed by atoms with van der Waals surface area (Å²) in [6.45, 7) is 3.18. The largest absolute Gasteiger partial charge is 0.313 e. The van der Waals surface area contributed by atoms with Gasteiger partial charge in [-0.25, -0.2) is 14.1 Å². The topological polar surface area (TPSA) is 42.7 Å². The Balaban J connectivity index is 2.22. The van der Waals surface area contributed by atoms with Crippen molar-refractivity contribution in [3.8, 4) is 0 Å². The molecule has 4 nitrogen and oxygen atoms in total. The smallest absolute Gasteiger partial charge is 0.141 e. The maximum absolute atomic E-state index is 13.0. The van der Waals surface area contributed by atoms with Gasteiger partial charge in [0.15, 0.2) is 0 Å². The molecule has 1 heterocycles. The molecule has 0 saturated carbocycles. The van der Waals surface area contributed by atoms with Gasteiger partial charge in [-0.05, 0) is 37.2 Å². The van der Waals surface area contributed by atoms with Gasteiger partial charge in [-0.3, -0.25) is 0 Å². The Bertz CT molecular complexity index is 507. The van der Waals surface area contributed by atoms with Crippen molar-refractivity contribution in [1.29, 1.82) is 0 Å². The highest BCUT2D eigenvalue weighted by Gasteiger charge is 2.06. The van der Waals surface area contributed by atoms with Crippen molar-refractivity contribution in [3.05, 3.63) is 47.3 Å². The van der Waals surface area contributed by atoms with E-state index in [1.54, 1.807) is 6.07 Å². The molecule has 1 aromatic heterocycles. The number of nitrogens with zero attached hydrogens (tertiary/aromatic N) is 3. The lowest BCUT2D eigenvalue weighted by molar-refractivity contribution is 0.604. The van der Waals surface area contributed by atoms with Crippen molar-refractivity contribution >= 4 is 0 Å². The van der Waals surface area contributed by atoms with Crippen molar-refractivity contribution < 1.29 is 4.39 Å². The Labute approximate surface area is 99.5 Å². The Morgan fingerprint density at radius 3 is 2.94 bits per heavy atom. The Morgan fingerprint density at radius 2 is 2.24 bits per heavy atom. The maximum Gasteiger partial charge on any atom is 0.141 e. The first kappa shape index (κ1) is 11.7. The molecule has 0 amide bonds. The highest BCUT2D eigenvalue weighted by Crippen LogP contribution is 2.12. The van der Waals surface area contributed by atoms with E-state index >= 15 is 0 Å².